The number of hydrogen-bond acceptors (Lipinski definition) is 3. The van der Waals surface area contributed by atoms with Gasteiger partial charge in [0, 0.05) is 31.5 Å². The molecule has 1 aromatic rings. The van der Waals surface area contributed by atoms with Crippen molar-refractivity contribution in [3.63, 3.8) is 0 Å². The summed E-state index contributed by atoms with van der Waals surface area (Å²) in [6.45, 7) is 11.0. The summed E-state index contributed by atoms with van der Waals surface area (Å²) in [5.41, 5.74) is 2.38. The summed E-state index contributed by atoms with van der Waals surface area (Å²) in [7, 11) is 0. The summed E-state index contributed by atoms with van der Waals surface area (Å²) in [6.07, 6.45) is 2.72. The minimum absolute atomic E-state index is 0.136. The highest BCUT2D eigenvalue weighted by Gasteiger charge is 2.19. The molecule has 1 atom stereocenters. The first kappa shape index (κ1) is 15.1. The van der Waals surface area contributed by atoms with E-state index in [1.54, 1.807) is 0 Å². The second-order valence-corrected chi connectivity index (χ2v) is 4.92. The Bertz CT molecular complexity index is 335. The van der Waals surface area contributed by atoms with Gasteiger partial charge < -0.3 is 5.11 Å². The number of likely N-dealkylation sites (tertiary alicyclic amines) is 1. The van der Waals surface area contributed by atoms with E-state index in [-0.39, 0.29) is 6.10 Å². The third kappa shape index (κ3) is 4.39. The minimum Gasteiger partial charge on any atom is -0.392 e. The van der Waals surface area contributed by atoms with E-state index in [0.717, 1.165) is 31.7 Å². The van der Waals surface area contributed by atoms with Crippen molar-refractivity contribution in [2.75, 3.05) is 13.1 Å². The number of rotatable bonds is 3. The topological polar surface area (TPSA) is 36.4 Å². The highest BCUT2D eigenvalue weighted by molar-refractivity contribution is 5.16. The van der Waals surface area contributed by atoms with Gasteiger partial charge in [-0.1, -0.05) is 33.8 Å². The molecule has 1 N–H and O–H groups in total. The van der Waals surface area contributed by atoms with Gasteiger partial charge in [0.15, 0.2) is 0 Å². The molecule has 0 spiro atoms. The SMILES string of the molecule is CC.CC(C)c1ccc(CN2CCC(O)C2)cn1. The Morgan fingerprint density at radius 1 is 1.39 bits per heavy atom. The van der Waals surface area contributed by atoms with Crippen molar-refractivity contribution in [2.24, 2.45) is 0 Å². The molecular weight excluding hydrogens is 224 g/mol. The van der Waals surface area contributed by atoms with E-state index in [1.165, 1.54) is 5.56 Å². The van der Waals surface area contributed by atoms with Gasteiger partial charge in [-0.05, 0) is 24.0 Å². The summed E-state index contributed by atoms with van der Waals surface area (Å²) >= 11 is 0. The van der Waals surface area contributed by atoms with Crippen molar-refractivity contribution in [1.82, 2.24) is 9.88 Å². The number of aliphatic hydroxyl groups is 1. The van der Waals surface area contributed by atoms with Crippen molar-refractivity contribution >= 4 is 0 Å². The molecule has 0 aliphatic carbocycles. The zero-order valence-corrected chi connectivity index (χ0v) is 12.1. The van der Waals surface area contributed by atoms with Crippen molar-refractivity contribution in [2.45, 2.75) is 52.7 Å². The maximum atomic E-state index is 9.44. The number of aromatic nitrogens is 1. The summed E-state index contributed by atoms with van der Waals surface area (Å²) < 4.78 is 0. The Morgan fingerprint density at radius 3 is 2.56 bits per heavy atom. The van der Waals surface area contributed by atoms with Crippen LogP contribution in [-0.4, -0.2) is 34.2 Å². The molecule has 1 saturated heterocycles. The van der Waals surface area contributed by atoms with Crippen LogP contribution in [0.1, 0.15) is 51.3 Å². The number of nitrogens with zero attached hydrogens (tertiary/aromatic N) is 2. The van der Waals surface area contributed by atoms with Crippen LogP contribution >= 0.6 is 0 Å². The lowest BCUT2D eigenvalue weighted by molar-refractivity contribution is 0.174. The molecule has 3 nitrogen and oxygen atoms in total. The molecule has 0 aromatic carbocycles. The Hall–Kier alpha value is -0.930. The molecule has 0 saturated carbocycles. The third-order valence-electron chi connectivity index (χ3n) is 3.09. The first-order valence-electron chi connectivity index (χ1n) is 7.00. The van der Waals surface area contributed by atoms with Crippen LogP contribution in [0.5, 0.6) is 0 Å². The van der Waals surface area contributed by atoms with Gasteiger partial charge >= 0.3 is 0 Å². The van der Waals surface area contributed by atoms with E-state index in [0.29, 0.717) is 5.92 Å². The molecule has 18 heavy (non-hydrogen) atoms. The van der Waals surface area contributed by atoms with Crippen molar-refractivity contribution in [3.8, 4) is 0 Å². The maximum Gasteiger partial charge on any atom is 0.0679 e. The minimum atomic E-state index is -0.136. The van der Waals surface area contributed by atoms with Crippen LogP contribution in [0.15, 0.2) is 18.3 Å². The highest BCUT2D eigenvalue weighted by atomic mass is 16.3. The van der Waals surface area contributed by atoms with E-state index in [4.69, 9.17) is 0 Å². The molecule has 0 bridgehead atoms. The van der Waals surface area contributed by atoms with Crippen LogP contribution in [-0.2, 0) is 6.54 Å². The number of aliphatic hydroxyl groups excluding tert-OH is 1. The van der Waals surface area contributed by atoms with Crippen molar-refractivity contribution in [1.29, 1.82) is 0 Å². The normalized spacial score (nSPS) is 19.8. The summed E-state index contributed by atoms with van der Waals surface area (Å²) in [6, 6.07) is 4.25. The van der Waals surface area contributed by atoms with Crippen LogP contribution in [0, 0.1) is 0 Å². The Labute approximate surface area is 111 Å². The Morgan fingerprint density at radius 2 is 2.11 bits per heavy atom. The molecular formula is C15H26N2O. The first-order valence-corrected chi connectivity index (χ1v) is 7.00. The quantitative estimate of drug-likeness (QED) is 0.896. The monoisotopic (exact) mass is 250 g/mol. The molecule has 1 aliphatic rings. The zero-order chi connectivity index (χ0) is 13.5. The van der Waals surface area contributed by atoms with Gasteiger partial charge in [0.2, 0.25) is 0 Å². The molecule has 1 unspecified atom stereocenters. The van der Waals surface area contributed by atoms with Gasteiger partial charge in [-0.3, -0.25) is 9.88 Å². The largest absolute Gasteiger partial charge is 0.392 e. The highest BCUT2D eigenvalue weighted by Crippen LogP contribution is 2.15. The van der Waals surface area contributed by atoms with E-state index in [2.05, 4.69) is 35.9 Å². The van der Waals surface area contributed by atoms with Gasteiger partial charge in [-0.25, -0.2) is 0 Å². The lowest BCUT2D eigenvalue weighted by Gasteiger charge is -2.15. The van der Waals surface area contributed by atoms with Crippen molar-refractivity contribution < 1.29 is 5.11 Å². The van der Waals surface area contributed by atoms with E-state index < -0.39 is 0 Å². The molecule has 1 fully saturated rings. The molecule has 0 radical (unpaired) electrons. The predicted molar refractivity (Wildman–Crippen MR) is 75.6 cm³/mol. The zero-order valence-electron chi connectivity index (χ0n) is 12.1. The van der Waals surface area contributed by atoms with Crippen molar-refractivity contribution in [3.05, 3.63) is 29.6 Å². The van der Waals surface area contributed by atoms with Gasteiger partial charge in [-0.15, -0.1) is 0 Å². The molecule has 102 valence electrons. The lowest BCUT2D eigenvalue weighted by atomic mass is 10.1. The molecule has 1 aliphatic heterocycles. The van der Waals surface area contributed by atoms with Crippen LogP contribution in [0.4, 0.5) is 0 Å². The van der Waals surface area contributed by atoms with Crippen LogP contribution in [0.3, 0.4) is 0 Å². The smallest absolute Gasteiger partial charge is 0.0679 e. The fourth-order valence-corrected chi connectivity index (χ4v) is 2.09. The average Bonchev–Trinajstić information content (AvgIpc) is 2.78. The fourth-order valence-electron chi connectivity index (χ4n) is 2.09. The summed E-state index contributed by atoms with van der Waals surface area (Å²) in [5.74, 6) is 0.489. The number of β-amino-alcohol motifs (C(OH)–C–C–N with tert-alkyl or cyclic N) is 1. The summed E-state index contributed by atoms with van der Waals surface area (Å²) in [4.78, 5) is 6.72. The summed E-state index contributed by atoms with van der Waals surface area (Å²) in [5, 5.41) is 9.44. The van der Waals surface area contributed by atoms with Crippen LogP contribution < -0.4 is 0 Å². The average molecular weight is 250 g/mol. The number of hydrogen-bond donors (Lipinski definition) is 1. The van der Waals surface area contributed by atoms with E-state index in [9.17, 15) is 5.11 Å². The second kappa shape index (κ2) is 7.49. The molecule has 0 amide bonds. The standard InChI is InChI=1S/C13H20N2O.C2H6/c1-10(2)13-4-3-11(7-14-13)8-15-6-5-12(16)9-15;1-2/h3-4,7,10,12,16H,5-6,8-9H2,1-2H3;1-2H3. The maximum absolute atomic E-state index is 9.44. The first-order chi connectivity index (χ1) is 8.65. The predicted octanol–water partition coefficient (Wildman–Crippen LogP) is 2.80. The lowest BCUT2D eigenvalue weighted by Crippen LogP contribution is -2.21. The third-order valence-corrected chi connectivity index (χ3v) is 3.09. The van der Waals surface area contributed by atoms with E-state index in [1.807, 2.05) is 20.0 Å². The Kier molecular flexibility index (Phi) is 6.30. The second-order valence-electron chi connectivity index (χ2n) is 4.92. The molecule has 1 aromatic heterocycles. The van der Waals surface area contributed by atoms with Gasteiger partial charge in [0.25, 0.3) is 0 Å². The van der Waals surface area contributed by atoms with Gasteiger partial charge in [0.05, 0.1) is 6.10 Å². The van der Waals surface area contributed by atoms with Crippen LogP contribution in [0.2, 0.25) is 0 Å². The Balaban J connectivity index is 0.000000771. The molecule has 2 rings (SSSR count). The fraction of sp³-hybridized carbons (Fsp3) is 0.667. The molecule has 3 heteroatoms. The van der Waals surface area contributed by atoms with Gasteiger partial charge in [-0.2, -0.15) is 0 Å². The van der Waals surface area contributed by atoms with Gasteiger partial charge in [0.1, 0.15) is 0 Å². The molecule has 2 heterocycles. The van der Waals surface area contributed by atoms with Crippen LogP contribution in [0.25, 0.3) is 0 Å². The van der Waals surface area contributed by atoms with E-state index >= 15 is 0 Å². The number of pyridine rings is 1.